The van der Waals surface area contributed by atoms with Crippen LogP contribution in [-0.2, 0) is 0 Å². The second-order valence-corrected chi connectivity index (χ2v) is 5.56. The average molecular weight is 221 g/mol. The lowest BCUT2D eigenvalue weighted by Gasteiger charge is -2.32. The fraction of sp³-hybridized carbons (Fsp3) is 0.571. The maximum atomic E-state index is 10.3. The molecule has 0 radical (unpaired) electrons. The molecule has 2 atom stereocenters. The zero-order valence-corrected chi connectivity index (χ0v) is 10.7. The summed E-state index contributed by atoms with van der Waals surface area (Å²) in [4.78, 5) is 0. The van der Waals surface area contributed by atoms with Crippen LogP contribution in [0.2, 0.25) is 0 Å². The Kier molecular flexibility index (Phi) is 4.11. The van der Waals surface area contributed by atoms with Gasteiger partial charge in [-0.3, -0.25) is 0 Å². The largest absolute Gasteiger partial charge is 0.392 e. The first-order chi connectivity index (χ1) is 7.36. The molecule has 2 heteroatoms. The zero-order valence-electron chi connectivity index (χ0n) is 10.7. The van der Waals surface area contributed by atoms with Crippen molar-refractivity contribution in [3.63, 3.8) is 0 Å². The minimum atomic E-state index is -0.416. The number of aliphatic hydroxyl groups is 1. The molecule has 1 rings (SSSR count). The molecule has 0 aliphatic heterocycles. The number of hydrogen-bond donors (Lipinski definition) is 2. The van der Waals surface area contributed by atoms with E-state index in [1.165, 1.54) is 5.56 Å². The molecule has 0 aliphatic carbocycles. The van der Waals surface area contributed by atoms with Crippen LogP contribution in [0.3, 0.4) is 0 Å². The van der Waals surface area contributed by atoms with Gasteiger partial charge in [-0.25, -0.2) is 0 Å². The molecule has 0 aromatic heterocycles. The molecule has 0 saturated heterocycles. The summed E-state index contributed by atoms with van der Waals surface area (Å²) in [6.07, 6.45) is -0.416. The van der Waals surface area contributed by atoms with E-state index >= 15 is 0 Å². The Bertz CT molecular complexity index is 324. The van der Waals surface area contributed by atoms with Crippen molar-refractivity contribution in [2.45, 2.75) is 39.7 Å². The standard InChI is InChI=1S/C14H23NO/c1-10-5-7-11(8-6-10)12(9-15)13(16)14(2,3)4/h5-8,12-13,16H,9,15H2,1-4H3. The van der Waals surface area contributed by atoms with Gasteiger partial charge in [-0.15, -0.1) is 0 Å². The molecule has 1 aromatic rings. The fourth-order valence-electron chi connectivity index (χ4n) is 1.86. The van der Waals surface area contributed by atoms with Gasteiger partial charge in [0.05, 0.1) is 6.10 Å². The first-order valence-electron chi connectivity index (χ1n) is 5.81. The molecule has 0 aliphatic rings. The lowest BCUT2D eigenvalue weighted by atomic mass is 9.78. The number of aryl methyl sites for hydroxylation is 1. The predicted octanol–water partition coefficient (Wildman–Crippen LogP) is 2.44. The van der Waals surface area contributed by atoms with E-state index < -0.39 is 6.10 Å². The second kappa shape index (κ2) is 4.98. The molecule has 0 bridgehead atoms. The molecule has 0 heterocycles. The Morgan fingerprint density at radius 3 is 2.06 bits per heavy atom. The zero-order chi connectivity index (χ0) is 12.3. The van der Waals surface area contributed by atoms with Crippen molar-refractivity contribution in [1.29, 1.82) is 0 Å². The summed E-state index contributed by atoms with van der Waals surface area (Å²) in [6, 6.07) is 8.24. The highest BCUT2D eigenvalue weighted by Gasteiger charge is 2.30. The van der Waals surface area contributed by atoms with Gasteiger partial charge in [-0.2, -0.15) is 0 Å². The molecule has 2 nitrogen and oxygen atoms in total. The van der Waals surface area contributed by atoms with Crippen molar-refractivity contribution >= 4 is 0 Å². The van der Waals surface area contributed by atoms with Crippen molar-refractivity contribution in [1.82, 2.24) is 0 Å². The quantitative estimate of drug-likeness (QED) is 0.823. The van der Waals surface area contributed by atoms with Gasteiger partial charge in [0.1, 0.15) is 0 Å². The minimum Gasteiger partial charge on any atom is -0.392 e. The van der Waals surface area contributed by atoms with Crippen molar-refractivity contribution in [2.24, 2.45) is 11.1 Å². The van der Waals surface area contributed by atoms with Gasteiger partial charge in [0.15, 0.2) is 0 Å². The molecule has 0 amide bonds. The third-order valence-corrected chi connectivity index (χ3v) is 3.03. The number of benzene rings is 1. The summed E-state index contributed by atoms with van der Waals surface area (Å²) in [5.41, 5.74) is 7.98. The van der Waals surface area contributed by atoms with Crippen molar-refractivity contribution < 1.29 is 5.11 Å². The third kappa shape index (κ3) is 3.06. The summed E-state index contributed by atoms with van der Waals surface area (Å²) in [5, 5.41) is 10.3. The molecule has 0 spiro atoms. The van der Waals surface area contributed by atoms with Crippen LogP contribution >= 0.6 is 0 Å². The van der Waals surface area contributed by atoms with E-state index in [1.54, 1.807) is 0 Å². The monoisotopic (exact) mass is 221 g/mol. The Balaban J connectivity index is 2.94. The summed E-state index contributed by atoms with van der Waals surface area (Å²) in [5.74, 6) is 0.0144. The molecule has 1 aromatic carbocycles. The van der Waals surface area contributed by atoms with Gasteiger partial charge in [0, 0.05) is 12.5 Å². The van der Waals surface area contributed by atoms with Crippen LogP contribution in [0.25, 0.3) is 0 Å². The van der Waals surface area contributed by atoms with E-state index in [0.29, 0.717) is 6.54 Å². The van der Waals surface area contributed by atoms with Crippen LogP contribution in [0.15, 0.2) is 24.3 Å². The van der Waals surface area contributed by atoms with Crippen molar-refractivity contribution in [3.8, 4) is 0 Å². The van der Waals surface area contributed by atoms with E-state index in [0.717, 1.165) is 5.56 Å². The fourth-order valence-corrected chi connectivity index (χ4v) is 1.86. The van der Waals surface area contributed by atoms with Gasteiger partial charge >= 0.3 is 0 Å². The predicted molar refractivity (Wildman–Crippen MR) is 68.4 cm³/mol. The van der Waals surface area contributed by atoms with Crippen molar-refractivity contribution in [2.75, 3.05) is 6.54 Å². The van der Waals surface area contributed by atoms with Crippen LogP contribution in [-0.4, -0.2) is 17.8 Å². The molecule has 16 heavy (non-hydrogen) atoms. The first-order valence-corrected chi connectivity index (χ1v) is 5.81. The smallest absolute Gasteiger partial charge is 0.0669 e. The molecule has 3 N–H and O–H groups in total. The normalized spacial score (nSPS) is 15.9. The molecular formula is C14H23NO. The number of hydrogen-bond acceptors (Lipinski definition) is 2. The van der Waals surface area contributed by atoms with E-state index in [-0.39, 0.29) is 11.3 Å². The average Bonchev–Trinajstić information content (AvgIpc) is 2.20. The summed E-state index contributed by atoms with van der Waals surface area (Å²) in [6.45, 7) is 8.64. The summed E-state index contributed by atoms with van der Waals surface area (Å²) >= 11 is 0. The highest BCUT2D eigenvalue weighted by molar-refractivity contribution is 5.26. The van der Waals surface area contributed by atoms with Gasteiger partial charge in [-0.05, 0) is 17.9 Å². The Labute approximate surface area is 98.5 Å². The summed E-state index contributed by atoms with van der Waals surface area (Å²) < 4.78 is 0. The number of nitrogens with two attached hydrogens (primary N) is 1. The van der Waals surface area contributed by atoms with Gasteiger partial charge in [-0.1, -0.05) is 50.6 Å². The minimum absolute atomic E-state index is 0.0144. The highest BCUT2D eigenvalue weighted by Crippen LogP contribution is 2.31. The van der Waals surface area contributed by atoms with E-state index in [9.17, 15) is 5.11 Å². The van der Waals surface area contributed by atoms with Crippen LogP contribution < -0.4 is 5.73 Å². The lowest BCUT2D eigenvalue weighted by Crippen LogP contribution is -2.36. The summed E-state index contributed by atoms with van der Waals surface area (Å²) in [7, 11) is 0. The van der Waals surface area contributed by atoms with Crippen LogP contribution in [0.4, 0.5) is 0 Å². The highest BCUT2D eigenvalue weighted by atomic mass is 16.3. The Morgan fingerprint density at radius 1 is 1.19 bits per heavy atom. The van der Waals surface area contributed by atoms with E-state index in [1.807, 2.05) is 20.8 Å². The second-order valence-electron chi connectivity index (χ2n) is 5.56. The maximum Gasteiger partial charge on any atom is 0.0669 e. The third-order valence-electron chi connectivity index (χ3n) is 3.03. The van der Waals surface area contributed by atoms with Gasteiger partial charge < -0.3 is 10.8 Å². The topological polar surface area (TPSA) is 46.2 Å². The Hall–Kier alpha value is -0.860. The molecular weight excluding hydrogens is 198 g/mol. The van der Waals surface area contributed by atoms with Crippen LogP contribution in [0, 0.1) is 12.3 Å². The van der Waals surface area contributed by atoms with Crippen molar-refractivity contribution in [3.05, 3.63) is 35.4 Å². The molecule has 2 unspecified atom stereocenters. The molecule has 0 saturated carbocycles. The van der Waals surface area contributed by atoms with Gasteiger partial charge in [0.2, 0.25) is 0 Å². The SMILES string of the molecule is Cc1ccc(C(CN)C(O)C(C)(C)C)cc1. The number of aliphatic hydroxyl groups excluding tert-OH is 1. The van der Waals surface area contributed by atoms with E-state index in [4.69, 9.17) is 5.73 Å². The van der Waals surface area contributed by atoms with Crippen LogP contribution in [0.5, 0.6) is 0 Å². The van der Waals surface area contributed by atoms with E-state index in [2.05, 4.69) is 31.2 Å². The molecule has 90 valence electrons. The first kappa shape index (κ1) is 13.2. The number of rotatable bonds is 3. The lowest BCUT2D eigenvalue weighted by molar-refractivity contribution is 0.0407. The van der Waals surface area contributed by atoms with Crippen LogP contribution in [0.1, 0.15) is 37.8 Å². The molecule has 0 fully saturated rings. The maximum absolute atomic E-state index is 10.3. The Morgan fingerprint density at radius 2 is 1.69 bits per heavy atom. The van der Waals surface area contributed by atoms with Gasteiger partial charge in [0.25, 0.3) is 0 Å².